The van der Waals surface area contributed by atoms with Crippen LogP contribution in [0.25, 0.3) is 0 Å². The number of rotatable bonds is 3. The van der Waals surface area contributed by atoms with E-state index < -0.39 is 17.7 Å². The van der Waals surface area contributed by atoms with Crippen LogP contribution >= 0.6 is 11.8 Å². The molecule has 5 nitrogen and oxygen atoms in total. The average molecular weight is 316 g/mol. The van der Waals surface area contributed by atoms with Crippen molar-refractivity contribution in [1.82, 2.24) is 10.6 Å². The molecule has 1 fully saturated rings. The second kappa shape index (κ2) is 7.38. The Morgan fingerprint density at radius 2 is 1.71 bits per heavy atom. The average Bonchev–Trinajstić information content (AvgIpc) is 2.31. The number of hydrogen-bond acceptors (Lipinski definition) is 4. The highest BCUT2D eigenvalue weighted by atomic mass is 32.2. The molecule has 0 aromatic rings. The van der Waals surface area contributed by atoms with Gasteiger partial charge in [-0.05, 0) is 51.0 Å². The summed E-state index contributed by atoms with van der Waals surface area (Å²) >= 11 is 1.93. The fourth-order valence-corrected chi connectivity index (χ4v) is 3.63. The lowest BCUT2D eigenvalue weighted by molar-refractivity contribution is -0.124. The summed E-state index contributed by atoms with van der Waals surface area (Å²) in [4.78, 5) is 23.9. The number of ether oxygens (including phenoxy) is 1. The predicted octanol–water partition coefficient (Wildman–Crippen LogP) is 2.40. The third kappa shape index (κ3) is 6.16. The summed E-state index contributed by atoms with van der Waals surface area (Å²) in [7, 11) is 0. The number of alkyl carbamates (subject to hydrolysis) is 1. The van der Waals surface area contributed by atoms with Crippen molar-refractivity contribution in [3.05, 3.63) is 0 Å². The van der Waals surface area contributed by atoms with Gasteiger partial charge in [-0.1, -0.05) is 13.8 Å². The minimum Gasteiger partial charge on any atom is -0.444 e. The van der Waals surface area contributed by atoms with E-state index in [-0.39, 0.29) is 11.9 Å². The van der Waals surface area contributed by atoms with Gasteiger partial charge in [-0.15, -0.1) is 0 Å². The molecule has 0 saturated carbocycles. The maximum atomic E-state index is 12.2. The lowest BCUT2D eigenvalue weighted by Crippen LogP contribution is -2.53. The molecule has 122 valence electrons. The van der Waals surface area contributed by atoms with Crippen LogP contribution < -0.4 is 10.6 Å². The molecule has 1 aliphatic heterocycles. The van der Waals surface area contributed by atoms with Crippen LogP contribution in [0.5, 0.6) is 0 Å². The first-order chi connectivity index (χ1) is 9.60. The van der Waals surface area contributed by atoms with Crippen molar-refractivity contribution < 1.29 is 14.3 Å². The monoisotopic (exact) mass is 316 g/mol. The van der Waals surface area contributed by atoms with E-state index in [1.165, 1.54) is 0 Å². The van der Waals surface area contributed by atoms with Crippen LogP contribution in [0.15, 0.2) is 0 Å². The van der Waals surface area contributed by atoms with E-state index in [0.29, 0.717) is 11.8 Å². The van der Waals surface area contributed by atoms with Crippen molar-refractivity contribution in [3.63, 3.8) is 0 Å². The highest BCUT2D eigenvalue weighted by Crippen LogP contribution is 2.27. The first kappa shape index (κ1) is 18.1. The van der Waals surface area contributed by atoms with Crippen LogP contribution in [0.2, 0.25) is 0 Å². The van der Waals surface area contributed by atoms with Crippen molar-refractivity contribution in [2.24, 2.45) is 11.8 Å². The van der Waals surface area contributed by atoms with E-state index in [1.807, 2.05) is 11.8 Å². The zero-order chi connectivity index (χ0) is 16.2. The van der Waals surface area contributed by atoms with Crippen molar-refractivity contribution in [2.45, 2.75) is 59.2 Å². The van der Waals surface area contributed by atoms with Crippen LogP contribution in [0, 0.1) is 11.8 Å². The fourth-order valence-electron chi connectivity index (χ4n) is 2.33. The lowest BCUT2D eigenvalue weighted by atomic mass is 9.92. The zero-order valence-electron chi connectivity index (χ0n) is 13.9. The molecule has 1 heterocycles. The molecule has 0 bridgehead atoms. The molecule has 6 heteroatoms. The molecule has 2 amide bonds. The van der Waals surface area contributed by atoms with Gasteiger partial charge in [0.1, 0.15) is 11.6 Å². The van der Waals surface area contributed by atoms with Gasteiger partial charge in [0.15, 0.2) is 0 Å². The molecular weight excluding hydrogens is 288 g/mol. The second-order valence-corrected chi connectivity index (χ2v) is 7.97. The second-order valence-electron chi connectivity index (χ2n) is 6.89. The molecule has 0 spiro atoms. The van der Waals surface area contributed by atoms with Gasteiger partial charge < -0.3 is 15.4 Å². The molecule has 0 aromatic heterocycles. The Bertz CT molecular complexity index is 372. The van der Waals surface area contributed by atoms with Gasteiger partial charge in [0, 0.05) is 6.04 Å². The molecule has 3 atom stereocenters. The standard InChI is InChI=1S/C15H28N2O3S/c1-9-7-21-8-10(2)12(9)17-13(18)11(3)16-14(19)20-15(4,5)6/h9-12H,7-8H2,1-6H3,(H,16,19)(H,17,18)/t9?,10?,11-,12?/m1/s1. The molecule has 0 aromatic carbocycles. The van der Waals surface area contributed by atoms with E-state index >= 15 is 0 Å². The molecule has 0 radical (unpaired) electrons. The maximum absolute atomic E-state index is 12.2. The van der Waals surface area contributed by atoms with Gasteiger partial charge in [0.05, 0.1) is 0 Å². The Balaban J connectivity index is 2.49. The van der Waals surface area contributed by atoms with Gasteiger partial charge in [0.2, 0.25) is 5.91 Å². The van der Waals surface area contributed by atoms with Gasteiger partial charge in [0.25, 0.3) is 0 Å². The number of carbonyl (C=O) groups is 2. The molecule has 1 rings (SSSR count). The van der Waals surface area contributed by atoms with Crippen molar-refractivity contribution in [3.8, 4) is 0 Å². The Kier molecular flexibility index (Phi) is 6.38. The number of hydrogen-bond donors (Lipinski definition) is 2. The van der Waals surface area contributed by atoms with Crippen LogP contribution in [-0.4, -0.2) is 41.2 Å². The van der Waals surface area contributed by atoms with E-state index in [0.717, 1.165) is 11.5 Å². The molecule has 0 aliphatic carbocycles. The highest BCUT2D eigenvalue weighted by Gasteiger charge is 2.31. The van der Waals surface area contributed by atoms with Crippen LogP contribution in [0.1, 0.15) is 41.5 Å². The molecule has 1 saturated heterocycles. The minimum absolute atomic E-state index is 0.156. The van der Waals surface area contributed by atoms with E-state index in [9.17, 15) is 9.59 Å². The first-order valence-corrected chi connectivity index (χ1v) is 8.63. The largest absolute Gasteiger partial charge is 0.444 e. The quantitative estimate of drug-likeness (QED) is 0.839. The lowest BCUT2D eigenvalue weighted by Gasteiger charge is -2.35. The van der Waals surface area contributed by atoms with Crippen LogP contribution in [0.3, 0.4) is 0 Å². The summed E-state index contributed by atoms with van der Waals surface area (Å²) in [5, 5.41) is 5.64. The van der Waals surface area contributed by atoms with Gasteiger partial charge >= 0.3 is 6.09 Å². The van der Waals surface area contributed by atoms with Crippen LogP contribution in [0.4, 0.5) is 4.79 Å². The van der Waals surface area contributed by atoms with E-state index in [1.54, 1.807) is 27.7 Å². The van der Waals surface area contributed by atoms with Gasteiger partial charge in [-0.2, -0.15) is 11.8 Å². The maximum Gasteiger partial charge on any atom is 0.408 e. The summed E-state index contributed by atoms with van der Waals surface area (Å²) in [6, 6.07) is -0.435. The molecule has 21 heavy (non-hydrogen) atoms. The summed E-state index contributed by atoms with van der Waals surface area (Å²) in [6.07, 6.45) is -0.564. The van der Waals surface area contributed by atoms with E-state index in [4.69, 9.17) is 4.74 Å². The Hall–Kier alpha value is -0.910. The SMILES string of the molecule is CC1CSCC(C)C1NC(=O)[C@@H](C)NC(=O)OC(C)(C)C. The summed E-state index contributed by atoms with van der Waals surface area (Å²) < 4.78 is 5.16. The summed E-state index contributed by atoms with van der Waals surface area (Å²) in [5.74, 6) is 2.84. The molecule has 2 N–H and O–H groups in total. The third-order valence-corrected chi connectivity index (χ3v) is 4.95. The Morgan fingerprint density at radius 3 is 2.19 bits per heavy atom. The summed E-state index contributed by atoms with van der Waals surface area (Å²) in [5.41, 5.74) is -0.566. The van der Waals surface area contributed by atoms with Gasteiger partial charge in [-0.3, -0.25) is 4.79 Å². The molecular formula is C15H28N2O3S. The van der Waals surface area contributed by atoms with Gasteiger partial charge in [-0.25, -0.2) is 4.79 Å². The topological polar surface area (TPSA) is 67.4 Å². The molecule has 1 aliphatic rings. The number of carbonyl (C=O) groups excluding carboxylic acids is 2. The first-order valence-electron chi connectivity index (χ1n) is 7.48. The number of thioether (sulfide) groups is 1. The normalized spacial score (nSPS) is 27.6. The fraction of sp³-hybridized carbons (Fsp3) is 0.867. The van der Waals surface area contributed by atoms with Crippen molar-refractivity contribution in [1.29, 1.82) is 0 Å². The van der Waals surface area contributed by atoms with E-state index in [2.05, 4.69) is 24.5 Å². The Morgan fingerprint density at radius 1 is 1.19 bits per heavy atom. The Labute approximate surface area is 132 Å². The van der Waals surface area contributed by atoms with Crippen molar-refractivity contribution in [2.75, 3.05) is 11.5 Å². The minimum atomic E-state index is -0.603. The molecule has 2 unspecified atom stereocenters. The van der Waals surface area contributed by atoms with Crippen LogP contribution in [-0.2, 0) is 9.53 Å². The number of amides is 2. The summed E-state index contributed by atoms with van der Waals surface area (Å²) in [6.45, 7) is 11.4. The number of nitrogens with one attached hydrogen (secondary N) is 2. The highest BCUT2D eigenvalue weighted by molar-refractivity contribution is 7.99. The van der Waals surface area contributed by atoms with Crippen molar-refractivity contribution >= 4 is 23.8 Å². The predicted molar refractivity (Wildman–Crippen MR) is 86.4 cm³/mol. The third-order valence-electron chi connectivity index (χ3n) is 3.42. The zero-order valence-corrected chi connectivity index (χ0v) is 14.7. The smallest absolute Gasteiger partial charge is 0.408 e.